The van der Waals surface area contributed by atoms with Crippen LogP contribution in [0.4, 0.5) is 10.1 Å². The monoisotopic (exact) mass is 463 g/mol. The lowest BCUT2D eigenvalue weighted by Gasteiger charge is -2.17. The Kier molecular flexibility index (Phi) is 5.86. The molecule has 2 aromatic carbocycles. The third-order valence-electron chi connectivity index (χ3n) is 5.18. The first-order valence-electron chi connectivity index (χ1n) is 10.2. The highest BCUT2D eigenvalue weighted by Crippen LogP contribution is 2.41. The van der Waals surface area contributed by atoms with E-state index in [-0.39, 0.29) is 17.3 Å². The minimum Gasteiger partial charge on any atom is -0.456 e. The Labute approximate surface area is 194 Å². The zero-order chi connectivity index (χ0) is 23.9. The molecular weight excluding hydrogens is 441 g/mol. The molecule has 0 fully saturated rings. The van der Waals surface area contributed by atoms with E-state index >= 15 is 0 Å². The zero-order valence-electron chi connectivity index (χ0n) is 18.7. The number of thiazole rings is 1. The molecule has 0 saturated heterocycles. The van der Waals surface area contributed by atoms with E-state index in [4.69, 9.17) is 4.74 Å². The Hall–Kier alpha value is -3.78. The number of ether oxygens (including phenoxy) is 1. The predicted octanol–water partition coefficient (Wildman–Crippen LogP) is 5.64. The second-order valence-electron chi connectivity index (χ2n) is 7.74. The van der Waals surface area contributed by atoms with Crippen molar-refractivity contribution in [2.75, 3.05) is 5.32 Å². The second-order valence-corrected chi connectivity index (χ2v) is 8.95. The standard InChI is InChI=1S/C25H22FN3O3S/c1-6-21(30)28-17-7-8-20(32-23-13(2)9-16(26)10-14(23)3)18(11-17)19-12-29(5)25(31)22-24(19)33-15(4)27-22/h6-12H,1H2,2-5H3,(H,28,30). The molecule has 2 heterocycles. The molecule has 0 bridgehead atoms. The van der Waals surface area contributed by atoms with E-state index in [1.165, 1.54) is 34.1 Å². The van der Waals surface area contributed by atoms with Crippen molar-refractivity contribution >= 4 is 33.1 Å². The highest BCUT2D eigenvalue weighted by molar-refractivity contribution is 7.19. The molecule has 6 nitrogen and oxygen atoms in total. The van der Waals surface area contributed by atoms with Gasteiger partial charge in [-0.15, -0.1) is 11.3 Å². The Balaban J connectivity index is 1.96. The van der Waals surface area contributed by atoms with Gasteiger partial charge in [0.1, 0.15) is 22.8 Å². The Morgan fingerprint density at radius 3 is 2.55 bits per heavy atom. The van der Waals surface area contributed by atoms with Crippen molar-refractivity contribution in [3.8, 4) is 22.6 Å². The molecule has 0 aliphatic heterocycles. The van der Waals surface area contributed by atoms with Crippen LogP contribution in [-0.2, 0) is 11.8 Å². The first-order valence-corrected chi connectivity index (χ1v) is 11.0. The fraction of sp³-hybridized carbons (Fsp3) is 0.160. The number of anilines is 1. The maximum Gasteiger partial charge on any atom is 0.277 e. The normalized spacial score (nSPS) is 10.9. The molecule has 0 unspecified atom stereocenters. The lowest BCUT2D eigenvalue weighted by atomic mass is 10.0. The molecule has 0 aliphatic carbocycles. The van der Waals surface area contributed by atoms with Gasteiger partial charge in [0.15, 0.2) is 0 Å². The summed E-state index contributed by atoms with van der Waals surface area (Å²) in [4.78, 5) is 29.0. The van der Waals surface area contributed by atoms with E-state index in [1.54, 1.807) is 45.3 Å². The van der Waals surface area contributed by atoms with E-state index in [0.717, 1.165) is 15.3 Å². The summed E-state index contributed by atoms with van der Waals surface area (Å²) in [6.45, 7) is 8.89. The summed E-state index contributed by atoms with van der Waals surface area (Å²) >= 11 is 1.41. The van der Waals surface area contributed by atoms with Crippen molar-refractivity contribution in [3.05, 3.63) is 81.5 Å². The first-order chi connectivity index (χ1) is 15.7. The van der Waals surface area contributed by atoms with Crippen LogP contribution in [0.5, 0.6) is 11.5 Å². The van der Waals surface area contributed by atoms with Crippen molar-refractivity contribution in [1.29, 1.82) is 0 Å². The summed E-state index contributed by atoms with van der Waals surface area (Å²) in [5, 5.41) is 3.52. The average molecular weight is 464 g/mol. The molecule has 168 valence electrons. The lowest BCUT2D eigenvalue weighted by molar-refractivity contribution is -0.111. The number of rotatable bonds is 5. The van der Waals surface area contributed by atoms with Gasteiger partial charge in [0.25, 0.3) is 5.56 Å². The maximum atomic E-state index is 13.8. The maximum absolute atomic E-state index is 13.8. The van der Waals surface area contributed by atoms with Crippen LogP contribution < -0.4 is 15.6 Å². The van der Waals surface area contributed by atoms with E-state index in [2.05, 4.69) is 16.9 Å². The topological polar surface area (TPSA) is 73.2 Å². The number of amides is 1. The van der Waals surface area contributed by atoms with Crippen molar-refractivity contribution < 1.29 is 13.9 Å². The predicted molar refractivity (Wildman–Crippen MR) is 130 cm³/mol. The van der Waals surface area contributed by atoms with Crippen molar-refractivity contribution in [3.63, 3.8) is 0 Å². The summed E-state index contributed by atoms with van der Waals surface area (Å²) < 4.78 is 22.3. The van der Waals surface area contributed by atoms with Crippen LogP contribution in [0, 0.1) is 26.6 Å². The van der Waals surface area contributed by atoms with Gasteiger partial charge in [0.2, 0.25) is 5.91 Å². The van der Waals surface area contributed by atoms with Crippen LogP contribution in [0.2, 0.25) is 0 Å². The molecule has 0 radical (unpaired) electrons. The largest absolute Gasteiger partial charge is 0.456 e. The van der Waals surface area contributed by atoms with Crippen LogP contribution in [0.3, 0.4) is 0 Å². The summed E-state index contributed by atoms with van der Waals surface area (Å²) in [6, 6.07) is 8.06. The van der Waals surface area contributed by atoms with Crippen molar-refractivity contribution in [2.45, 2.75) is 20.8 Å². The third kappa shape index (κ3) is 4.29. The Morgan fingerprint density at radius 1 is 1.18 bits per heavy atom. The highest BCUT2D eigenvalue weighted by Gasteiger charge is 2.19. The van der Waals surface area contributed by atoms with Gasteiger partial charge in [-0.25, -0.2) is 9.37 Å². The average Bonchev–Trinajstić information content (AvgIpc) is 3.15. The van der Waals surface area contributed by atoms with Crippen LogP contribution in [-0.4, -0.2) is 15.5 Å². The number of carbonyl (C=O) groups is 1. The minimum absolute atomic E-state index is 0.193. The number of nitrogens with zero attached hydrogens (tertiary/aromatic N) is 2. The number of benzene rings is 2. The summed E-state index contributed by atoms with van der Waals surface area (Å²) in [5.74, 6) is 0.358. The summed E-state index contributed by atoms with van der Waals surface area (Å²) in [6.07, 6.45) is 2.92. The van der Waals surface area contributed by atoms with Crippen molar-refractivity contribution in [2.24, 2.45) is 7.05 Å². The van der Waals surface area contributed by atoms with Gasteiger partial charge in [-0.05, 0) is 68.3 Å². The smallest absolute Gasteiger partial charge is 0.277 e. The number of pyridine rings is 1. The van der Waals surface area contributed by atoms with Gasteiger partial charge in [-0.1, -0.05) is 6.58 Å². The van der Waals surface area contributed by atoms with E-state index in [9.17, 15) is 14.0 Å². The van der Waals surface area contributed by atoms with Gasteiger partial charge < -0.3 is 14.6 Å². The number of fused-ring (bicyclic) bond motifs is 1. The van der Waals surface area contributed by atoms with E-state index < -0.39 is 0 Å². The number of aromatic nitrogens is 2. The fourth-order valence-corrected chi connectivity index (χ4v) is 4.63. The van der Waals surface area contributed by atoms with Gasteiger partial charge in [0, 0.05) is 30.1 Å². The molecule has 4 rings (SSSR count). The number of hydrogen-bond acceptors (Lipinski definition) is 5. The van der Waals surface area contributed by atoms with Crippen LogP contribution in [0.25, 0.3) is 21.3 Å². The molecule has 4 aromatic rings. The van der Waals surface area contributed by atoms with Crippen molar-refractivity contribution in [1.82, 2.24) is 9.55 Å². The summed E-state index contributed by atoms with van der Waals surface area (Å²) in [7, 11) is 1.66. The van der Waals surface area contributed by atoms with E-state index in [0.29, 0.717) is 39.4 Å². The number of hydrogen-bond donors (Lipinski definition) is 1. The molecule has 0 atom stereocenters. The number of carbonyl (C=O) groups excluding carboxylic acids is 1. The molecule has 0 aliphatic rings. The quantitative estimate of drug-likeness (QED) is 0.389. The van der Waals surface area contributed by atoms with Crippen LogP contribution in [0.15, 0.2) is 54.0 Å². The van der Waals surface area contributed by atoms with Crippen LogP contribution in [0.1, 0.15) is 16.1 Å². The fourth-order valence-electron chi connectivity index (χ4n) is 3.69. The Morgan fingerprint density at radius 2 is 1.88 bits per heavy atom. The SMILES string of the molecule is C=CC(=O)Nc1ccc(Oc2c(C)cc(F)cc2C)c(-c2cn(C)c(=O)c3nc(C)sc23)c1. The van der Waals surface area contributed by atoms with Gasteiger partial charge in [-0.2, -0.15) is 0 Å². The van der Waals surface area contributed by atoms with Gasteiger partial charge in [0.05, 0.1) is 9.71 Å². The number of halogens is 1. The van der Waals surface area contributed by atoms with E-state index in [1.807, 2.05) is 6.92 Å². The molecule has 0 saturated carbocycles. The Bertz CT molecular complexity index is 1460. The first kappa shape index (κ1) is 22.4. The molecule has 0 spiro atoms. The summed E-state index contributed by atoms with van der Waals surface area (Å²) in [5.41, 5.74) is 3.42. The molecule has 1 amide bonds. The highest BCUT2D eigenvalue weighted by atomic mass is 32.1. The second kappa shape index (κ2) is 8.63. The van der Waals surface area contributed by atoms with Crippen LogP contribution >= 0.6 is 11.3 Å². The van der Waals surface area contributed by atoms with Gasteiger partial charge in [-0.3, -0.25) is 9.59 Å². The molecule has 1 N–H and O–H groups in total. The molecule has 2 aromatic heterocycles. The lowest BCUT2D eigenvalue weighted by Crippen LogP contribution is -2.16. The number of nitrogens with one attached hydrogen (secondary N) is 1. The third-order valence-corrected chi connectivity index (χ3v) is 6.19. The number of aryl methyl sites for hydroxylation is 4. The molecule has 33 heavy (non-hydrogen) atoms. The van der Waals surface area contributed by atoms with Gasteiger partial charge >= 0.3 is 0 Å². The zero-order valence-corrected chi connectivity index (χ0v) is 19.5. The molecule has 8 heteroatoms. The minimum atomic E-state index is -0.348. The molecular formula is C25H22FN3O3S.